The molecule has 2 aromatic heterocycles. The van der Waals surface area contributed by atoms with Crippen LogP contribution in [0.4, 0.5) is 4.39 Å². The highest BCUT2D eigenvalue weighted by atomic mass is 19.1. The fourth-order valence-electron chi connectivity index (χ4n) is 4.09. The zero-order valence-electron chi connectivity index (χ0n) is 17.6. The predicted octanol–water partition coefficient (Wildman–Crippen LogP) is 6.68. The molecule has 6 rings (SSSR count). The van der Waals surface area contributed by atoms with Crippen LogP contribution in [-0.4, -0.2) is 19.3 Å². The first-order valence-corrected chi connectivity index (χ1v) is 10.7. The van der Waals surface area contributed by atoms with E-state index < -0.39 is 0 Å². The van der Waals surface area contributed by atoms with Crippen molar-refractivity contribution >= 4 is 11.0 Å². The molecule has 158 valence electrons. The first-order valence-electron chi connectivity index (χ1n) is 10.7. The summed E-state index contributed by atoms with van der Waals surface area (Å²) in [5, 5.41) is 4.97. The summed E-state index contributed by atoms with van der Waals surface area (Å²) in [4.78, 5) is 4.91. The Morgan fingerprint density at radius 2 is 1.30 bits per heavy atom. The number of imidazole rings is 1. The highest BCUT2D eigenvalue weighted by molar-refractivity contribution is 5.83. The molecule has 5 heteroatoms. The Hall–Kier alpha value is -4.51. The summed E-state index contributed by atoms with van der Waals surface area (Å²) in [5.74, 6) is 1.31. The topological polar surface area (TPSA) is 35.6 Å². The zero-order valence-corrected chi connectivity index (χ0v) is 17.6. The molecule has 0 unspecified atom stereocenters. The summed E-state index contributed by atoms with van der Waals surface area (Å²) < 4.78 is 17.7. The van der Waals surface area contributed by atoms with E-state index in [-0.39, 0.29) is 5.82 Å². The number of hydrogen-bond acceptors (Lipinski definition) is 2. The number of halogens is 1. The average Bonchev–Trinajstić information content (AvgIpc) is 3.47. The van der Waals surface area contributed by atoms with Crippen molar-refractivity contribution in [1.29, 1.82) is 0 Å². The number of aromatic nitrogens is 4. The van der Waals surface area contributed by atoms with E-state index in [4.69, 9.17) is 10.1 Å². The highest BCUT2D eigenvalue weighted by Crippen LogP contribution is 2.32. The molecular formula is C28H19FN4. The molecule has 0 bridgehead atoms. The van der Waals surface area contributed by atoms with Crippen LogP contribution in [0.15, 0.2) is 115 Å². The Bertz CT molecular complexity index is 1550. The highest BCUT2D eigenvalue weighted by Gasteiger charge is 2.20. The normalized spacial score (nSPS) is 11.2. The maximum atomic E-state index is 13.7. The van der Waals surface area contributed by atoms with Gasteiger partial charge < -0.3 is 0 Å². The minimum atomic E-state index is -0.276. The third-order valence-electron chi connectivity index (χ3n) is 5.65. The molecule has 0 saturated carbocycles. The van der Waals surface area contributed by atoms with Gasteiger partial charge in [-0.3, -0.25) is 4.57 Å². The monoisotopic (exact) mass is 430 g/mol. The molecule has 4 aromatic carbocycles. The molecule has 0 aliphatic rings. The summed E-state index contributed by atoms with van der Waals surface area (Å²) in [5.41, 5.74) is 5.47. The number of benzene rings is 4. The molecule has 0 amide bonds. The molecule has 6 aromatic rings. The van der Waals surface area contributed by atoms with E-state index in [9.17, 15) is 4.39 Å². The second kappa shape index (κ2) is 7.88. The van der Waals surface area contributed by atoms with Crippen LogP contribution in [0.25, 0.3) is 45.2 Å². The van der Waals surface area contributed by atoms with Gasteiger partial charge in [-0.25, -0.2) is 14.1 Å². The van der Waals surface area contributed by atoms with Gasteiger partial charge in [0, 0.05) is 17.2 Å². The van der Waals surface area contributed by atoms with Crippen LogP contribution in [0.5, 0.6) is 0 Å². The molecule has 2 heterocycles. The van der Waals surface area contributed by atoms with E-state index in [0.29, 0.717) is 0 Å². The summed E-state index contributed by atoms with van der Waals surface area (Å²) in [6, 6.07) is 36.7. The van der Waals surface area contributed by atoms with Gasteiger partial charge in [-0.15, -0.1) is 0 Å². The molecule has 0 aliphatic carbocycles. The Labute approximate surface area is 190 Å². The SMILES string of the molecule is Fc1ccc(-c2nc3ccccc3n2-c2cc(-c3ccccc3)nn2-c2ccccc2)cc1. The van der Waals surface area contributed by atoms with E-state index >= 15 is 0 Å². The number of nitrogens with zero attached hydrogens (tertiary/aromatic N) is 4. The summed E-state index contributed by atoms with van der Waals surface area (Å²) in [6.45, 7) is 0. The average molecular weight is 430 g/mol. The van der Waals surface area contributed by atoms with Crippen LogP contribution < -0.4 is 0 Å². The van der Waals surface area contributed by atoms with Crippen LogP contribution in [0.1, 0.15) is 0 Å². The lowest BCUT2D eigenvalue weighted by molar-refractivity contribution is 0.628. The maximum absolute atomic E-state index is 13.7. The van der Waals surface area contributed by atoms with Gasteiger partial charge in [0.05, 0.1) is 22.4 Å². The van der Waals surface area contributed by atoms with Crippen LogP contribution in [0.3, 0.4) is 0 Å². The number of hydrogen-bond donors (Lipinski definition) is 0. The largest absolute Gasteiger partial charge is 0.276 e. The van der Waals surface area contributed by atoms with E-state index in [1.54, 1.807) is 12.1 Å². The summed E-state index contributed by atoms with van der Waals surface area (Å²) in [7, 11) is 0. The van der Waals surface area contributed by atoms with Crippen LogP contribution >= 0.6 is 0 Å². The fraction of sp³-hybridized carbons (Fsp3) is 0. The van der Waals surface area contributed by atoms with Crippen molar-refractivity contribution in [3.05, 3.63) is 121 Å². The molecule has 0 radical (unpaired) electrons. The minimum Gasteiger partial charge on any atom is -0.276 e. The molecule has 0 fully saturated rings. The van der Waals surface area contributed by atoms with Crippen LogP contribution in [-0.2, 0) is 0 Å². The number of rotatable bonds is 4. The Morgan fingerprint density at radius 1 is 0.636 bits per heavy atom. The lowest BCUT2D eigenvalue weighted by Crippen LogP contribution is -2.07. The van der Waals surface area contributed by atoms with Gasteiger partial charge in [0.2, 0.25) is 0 Å². The van der Waals surface area contributed by atoms with E-state index in [2.05, 4.69) is 10.6 Å². The van der Waals surface area contributed by atoms with Gasteiger partial charge in [-0.05, 0) is 48.5 Å². The molecule has 0 N–H and O–H groups in total. The lowest BCUT2D eigenvalue weighted by Gasteiger charge is -2.12. The molecule has 0 atom stereocenters. The smallest absolute Gasteiger partial charge is 0.146 e. The molecule has 0 aliphatic heterocycles. The quantitative estimate of drug-likeness (QED) is 0.313. The number of fused-ring (bicyclic) bond motifs is 1. The summed E-state index contributed by atoms with van der Waals surface area (Å²) >= 11 is 0. The van der Waals surface area contributed by atoms with E-state index in [1.165, 1.54) is 12.1 Å². The fourth-order valence-corrected chi connectivity index (χ4v) is 4.09. The van der Waals surface area contributed by atoms with Crippen molar-refractivity contribution in [1.82, 2.24) is 19.3 Å². The van der Waals surface area contributed by atoms with Crippen molar-refractivity contribution in [3.63, 3.8) is 0 Å². The molecule has 33 heavy (non-hydrogen) atoms. The van der Waals surface area contributed by atoms with Gasteiger partial charge in [0.15, 0.2) is 0 Å². The maximum Gasteiger partial charge on any atom is 0.146 e. The standard InChI is InChI=1S/C28H19FN4/c29-22-17-15-21(16-18-22)28-30-24-13-7-8-14-26(24)32(28)27-19-25(20-9-3-1-4-10-20)31-33(27)23-11-5-2-6-12-23/h1-19H. The number of para-hydroxylation sites is 3. The Morgan fingerprint density at radius 3 is 2.06 bits per heavy atom. The Kier molecular flexibility index (Phi) is 4.58. The molecular weight excluding hydrogens is 411 g/mol. The van der Waals surface area contributed by atoms with Crippen molar-refractivity contribution in [3.8, 4) is 34.2 Å². The minimum absolute atomic E-state index is 0.276. The van der Waals surface area contributed by atoms with Crippen LogP contribution in [0, 0.1) is 5.82 Å². The van der Waals surface area contributed by atoms with Crippen molar-refractivity contribution in [2.24, 2.45) is 0 Å². The van der Waals surface area contributed by atoms with Crippen LogP contribution in [0.2, 0.25) is 0 Å². The first kappa shape index (κ1) is 19.2. The predicted molar refractivity (Wildman–Crippen MR) is 129 cm³/mol. The molecule has 0 saturated heterocycles. The first-order chi connectivity index (χ1) is 16.3. The van der Waals surface area contributed by atoms with Gasteiger partial charge in [-0.1, -0.05) is 60.7 Å². The van der Waals surface area contributed by atoms with Gasteiger partial charge in [0.25, 0.3) is 0 Å². The second-order valence-electron chi connectivity index (χ2n) is 7.77. The molecule has 4 nitrogen and oxygen atoms in total. The zero-order chi connectivity index (χ0) is 22.2. The van der Waals surface area contributed by atoms with E-state index in [1.807, 2.05) is 89.6 Å². The van der Waals surface area contributed by atoms with Gasteiger partial charge >= 0.3 is 0 Å². The van der Waals surface area contributed by atoms with E-state index in [0.717, 1.165) is 45.2 Å². The van der Waals surface area contributed by atoms with Crippen molar-refractivity contribution in [2.45, 2.75) is 0 Å². The molecule has 0 spiro atoms. The lowest BCUT2D eigenvalue weighted by atomic mass is 10.1. The van der Waals surface area contributed by atoms with Gasteiger partial charge in [-0.2, -0.15) is 5.10 Å². The third kappa shape index (κ3) is 3.40. The summed E-state index contributed by atoms with van der Waals surface area (Å²) in [6.07, 6.45) is 0. The second-order valence-corrected chi connectivity index (χ2v) is 7.77. The van der Waals surface area contributed by atoms with Crippen molar-refractivity contribution < 1.29 is 4.39 Å². The van der Waals surface area contributed by atoms with Crippen molar-refractivity contribution in [2.75, 3.05) is 0 Å². The Balaban J connectivity index is 1.67. The van der Waals surface area contributed by atoms with Gasteiger partial charge in [0.1, 0.15) is 17.5 Å². The third-order valence-corrected chi connectivity index (χ3v) is 5.65.